The van der Waals surface area contributed by atoms with Gasteiger partial charge in [0, 0.05) is 6.20 Å². The molecule has 1 aliphatic heterocycles. The summed E-state index contributed by atoms with van der Waals surface area (Å²) in [7, 11) is 0. The SMILES string of the molecule is FC(F)(F)C1=CN(C(F)(F)F)ON(C(F)(F)F)C1. The standard InChI is InChI=1S/C6H3F9N2O/c7-4(8,9)3-1-16(5(10,11)12)18-17(2-3)6(13,14)15/h1H,2H2. The van der Waals surface area contributed by atoms with Crippen molar-refractivity contribution in [2.75, 3.05) is 6.54 Å². The lowest BCUT2D eigenvalue weighted by molar-refractivity contribution is -0.491. The molecule has 0 aromatic carbocycles. The van der Waals surface area contributed by atoms with Gasteiger partial charge in [0.1, 0.15) is 0 Å². The Morgan fingerprint density at radius 2 is 1.39 bits per heavy atom. The first-order valence-electron chi connectivity index (χ1n) is 3.98. The molecule has 1 rings (SSSR count). The van der Waals surface area contributed by atoms with Crippen molar-refractivity contribution in [2.45, 2.75) is 18.8 Å². The number of rotatable bonds is 0. The summed E-state index contributed by atoms with van der Waals surface area (Å²) in [5.74, 6) is 0. The number of hydrogen-bond donors (Lipinski definition) is 0. The quantitative estimate of drug-likeness (QED) is 0.504. The lowest BCUT2D eigenvalue weighted by atomic mass is 10.2. The minimum Gasteiger partial charge on any atom is -0.166 e. The van der Waals surface area contributed by atoms with Crippen LogP contribution in [0, 0.1) is 0 Å². The van der Waals surface area contributed by atoms with Gasteiger partial charge in [-0.2, -0.15) is 31.3 Å². The monoisotopic (exact) mass is 290 g/mol. The predicted octanol–water partition coefficient (Wildman–Crippen LogP) is 2.94. The van der Waals surface area contributed by atoms with Gasteiger partial charge in [-0.25, -0.2) is 0 Å². The first-order chi connectivity index (χ1) is 7.82. The molecule has 0 fully saturated rings. The summed E-state index contributed by atoms with van der Waals surface area (Å²) < 4.78 is 109. The Hall–Kier alpha value is -1.17. The Bertz CT molecular complexity index is 340. The van der Waals surface area contributed by atoms with E-state index in [-0.39, 0.29) is 0 Å². The molecule has 3 nitrogen and oxygen atoms in total. The van der Waals surface area contributed by atoms with Crippen molar-refractivity contribution in [3.05, 3.63) is 11.8 Å². The molecule has 18 heavy (non-hydrogen) atoms. The Morgan fingerprint density at radius 3 is 1.72 bits per heavy atom. The molecule has 0 unspecified atom stereocenters. The van der Waals surface area contributed by atoms with Crippen molar-refractivity contribution in [2.24, 2.45) is 0 Å². The van der Waals surface area contributed by atoms with Crippen LogP contribution < -0.4 is 0 Å². The van der Waals surface area contributed by atoms with Crippen LogP contribution in [-0.4, -0.2) is 35.4 Å². The summed E-state index contributed by atoms with van der Waals surface area (Å²) in [5.41, 5.74) is -2.04. The fourth-order valence-corrected chi connectivity index (χ4v) is 0.914. The lowest BCUT2D eigenvalue weighted by Gasteiger charge is -2.35. The highest BCUT2D eigenvalue weighted by Crippen LogP contribution is 2.37. The second-order valence-corrected chi connectivity index (χ2v) is 3.03. The number of alkyl halides is 9. The lowest BCUT2D eigenvalue weighted by Crippen LogP contribution is -2.51. The fourth-order valence-electron chi connectivity index (χ4n) is 0.914. The zero-order chi connectivity index (χ0) is 14.4. The molecule has 0 saturated heterocycles. The highest BCUT2D eigenvalue weighted by Gasteiger charge is 2.52. The molecular weight excluding hydrogens is 287 g/mol. The second-order valence-electron chi connectivity index (χ2n) is 3.03. The van der Waals surface area contributed by atoms with E-state index in [0.29, 0.717) is 0 Å². The van der Waals surface area contributed by atoms with Crippen molar-refractivity contribution in [3.63, 3.8) is 0 Å². The molecule has 1 heterocycles. The molecular formula is C6H3F9N2O. The molecule has 0 aromatic rings. The number of halogens is 9. The summed E-state index contributed by atoms with van der Waals surface area (Å²) in [5, 5.41) is -2.84. The average Bonchev–Trinajstić information content (AvgIpc) is 2.13. The van der Waals surface area contributed by atoms with E-state index < -0.39 is 47.2 Å². The average molecular weight is 290 g/mol. The molecule has 0 radical (unpaired) electrons. The van der Waals surface area contributed by atoms with Crippen LogP contribution in [0.5, 0.6) is 0 Å². The molecule has 0 N–H and O–H groups in total. The minimum atomic E-state index is -5.54. The zero-order valence-electron chi connectivity index (χ0n) is 7.99. The van der Waals surface area contributed by atoms with Gasteiger partial charge < -0.3 is 0 Å². The highest BCUT2D eigenvalue weighted by atomic mass is 19.4. The van der Waals surface area contributed by atoms with Crippen LogP contribution in [0.25, 0.3) is 0 Å². The maximum atomic E-state index is 12.2. The molecule has 0 aromatic heterocycles. The van der Waals surface area contributed by atoms with E-state index in [2.05, 4.69) is 4.94 Å². The molecule has 0 atom stereocenters. The second kappa shape index (κ2) is 4.19. The van der Waals surface area contributed by atoms with E-state index in [1.807, 2.05) is 0 Å². The molecule has 0 saturated carbocycles. The summed E-state index contributed by atoms with van der Waals surface area (Å²) in [4.78, 5) is 3.28. The van der Waals surface area contributed by atoms with Gasteiger partial charge in [0.05, 0.1) is 12.1 Å². The number of hydrogen-bond acceptors (Lipinski definition) is 3. The predicted molar refractivity (Wildman–Crippen MR) is 35.9 cm³/mol. The fraction of sp³-hybridized carbons (Fsp3) is 0.667. The van der Waals surface area contributed by atoms with Crippen LogP contribution in [-0.2, 0) is 4.94 Å². The smallest absolute Gasteiger partial charge is 0.166 e. The summed E-state index contributed by atoms with van der Waals surface area (Å²) in [6, 6.07) is 0. The summed E-state index contributed by atoms with van der Waals surface area (Å²) >= 11 is 0. The Kier molecular flexibility index (Phi) is 3.46. The highest BCUT2D eigenvalue weighted by molar-refractivity contribution is 5.11. The van der Waals surface area contributed by atoms with Gasteiger partial charge in [-0.05, 0) is 0 Å². The number of nitrogens with zero attached hydrogens (tertiary/aromatic N) is 2. The minimum absolute atomic E-state index is 0.581. The van der Waals surface area contributed by atoms with Gasteiger partial charge >= 0.3 is 18.8 Å². The maximum Gasteiger partial charge on any atom is 0.509 e. The van der Waals surface area contributed by atoms with Crippen LogP contribution >= 0.6 is 0 Å². The van der Waals surface area contributed by atoms with E-state index in [1.54, 1.807) is 0 Å². The van der Waals surface area contributed by atoms with Crippen molar-refractivity contribution < 1.29 is 44.5 Å². The topological polar surface area (TPSA) is 15.7 Å². The largest absolute Gasteiger partial charge is 0.509 e. The van der Waals surface area contributed by atoms with Gasteiger partial charge in [-0.1, -0.05) is 5.06 Å². The first-order valence-corrected chi connectivity index (χ1v) is 3.98. The molecule has 0 aliphatic carbocycles. The van der Waals surface area contributed by atoms with Gasteiger partial charge in [0.25, 0.3) is 0 Å². The first kappa shape index (κ1) is 14.9. The molecule has 0 bridgehead atoms. The molecule has 0 amide bonds. The van der Waals surface area contributed by atoms with E-state index >= 15 is 0 Å². The van der Waals surface area contributed by atoms with Crippen molar-refractivity contribution in [1.82, 2.24) is 10.1 Å². The van der Waals surface area contributed by atoms with E-state index in [1.165, 1.54) is 0 Å². The van der Waals surface area contributed by atoms with Gasteiger partial charge in [0.2, 0.25) is 0 Å². The Balaban J connectivity index is 3.08. The summed E-state index contributed by atoms with van der Waals surface area (Å²) in [6.07, 6.45) is -17.0. The molecule has 12 heteroatoms. The Morgan fingerprint density at radius 1 is 0.889 bits per heavy atom. The normalized spacial score (nSPS) is 20.1. The molecule has 106 valence electrons. The third-order valence-electron chi connectivity index (χ3n) is 1.67. The van der Waals surface area contributed by atoms with Crippen LogP contribution in [0.1, 0.15) is 0 Å². The zero-order valence-corrected chi connectivity index (χ0v) is 7.99. The van der Waals surface area contributed by atoms with E-state index in [4.69, 9.17) is 0 Å². The number of hydroxylamine groups is 4. The van der Waals surface area contributed by atoms with Gasteiger partial charge in [-0.15, -0.1) is 18.2 Å². The molecule has 0 spiro atoms. The van der Waals surface area contributed by atoms with Gasteiger partial charge in [0.15, 0.2) is 0 Å². The van der Waals surface area contributed by atoms with Crippen LogP contribution in [0.15, 0.2) is 11.8 Å². The van der Waals surface area contributed by atoms with E-state index in [9.17, 15) is 39.5 Å². The van der Waals surface area contributed by atoms with Crippen LogP contribution in [0.4, 0.5) is 39.5 Å². The van der Waals surface area contributed by atoms with E-state index in [0.717, 1.165) is 0 Å². The third kappa shape index (κ3) is 3.41. The van der Waals surface area contributed by atoms with Crippen LogP contribution in [0.2, 0.25) is 0 Å². The Labute approximate surface area is 92.9 Å². The summed E-state index contributed by atoms with van der Waals surface area (Å²) in [6.45, 7) is -1.89. The third-order valence-corrected chi connectivity index (χ3v) is 1.67. The van der Waals surface area contributed by atoms with Gasteiger partial charge in [-0.3, -0.25) is 0 Å². The molecule has 1 aliphatic rings. The maximum absolute atomic E-state index is 12.2. The van der Waals surface area contributed by atoms with Crippen molar-refractivity contribution >= 4 is 0 Å². The van der Waals surface area contributed by atoms with Crippen molar-refractivity contribution in [3.8, 4) is 0 Å². The van der Waals surface area contributed by atoms with Crippen LogP contribution in [0.3, 0.4) is 0 Å². The van der Waals surface area contributed by atoms with Crippen molar-refractivity contribution in [1.29, 1.82) is 0 Å².